The molecule has 0 saturated carbocycles. The van der Waals surface area contributed by atoms with E-state index >= 15 is 0 Å². The van der Waals surface area contributed by atoms with Crippen LogP contribution in [-0.4, -0.2) is 13.7 Å². The molecule has 3 nitrogen and oxygen atoms in total. The number of hydrogen-bond acceptors (Lipinski definition) is 3. The van der Waals surface area contributed by atoms with Crippen molar-refractivity contribution in [2.75, 3.05) is 13.7 Å². The molecule has 0 aliphatic carbocycles. The maximum Gasteiger partial charge on any atom is 0.128 e. The van der Waals surface area contributed by atoms with Crippen molar-refractivity contribution >= 4 is 0 Å². The number of hydrogen-bond donors (Lipinski definition) is 1. The van der Waals surface area contributed by atoms with Crippen molar-refractivity contribution in [3.8, 4) is 11.5 Å². The lowest BCUT2D eigenvalue weighted by molar-refractivity contribution is 0.307. The van der Waals surface area contributed by atoms with E-state index in [1.54, 1.807) is 7.11 Å². The third-order valence-electron chi connectivity index (χ3n) is 3.44. The highest BCUT2D eigenvalue weighted by Crippen LogP contribution is 2.41. The quantitative estimate of drug-likeness (QED) is 0.831. The highest BCUT2D eigenvalue weighted by atomic mass is 16.5. The Labute approximate surface area is 109 Å². The van der Waals surface area contributed by atoms with Gasteiger partial charge in [-0.2, -0.15) is 0 Å². The van der Waals surface area contributed by atoms with Crippen LogP contribution >= 0.6 is 0 Å². The molecule has 0 saturated heterocycles. The van der Waals surface area contributed by atoms with Crippen LogP contribution in [0.15, 0.2) is 12.1 Å². The van der Waals surface area contributed by atoms with Crippen molar-refractivity contribution in [2.45, 2.75) is 45.1 Å². The molecule has 1 aliphatic heterocycles. The molecule has 2 N–H and O–H groups in total. The van der Waals surface area contributed by atoms with Gasteiger partial charge in [-0.25, -0.2) is 0 Å². The van der Waals surface area contributed by atoms with Crippen molar-refractivity contribution < 1.29 is 9.47 Å². The molecule has 3 heteroatoms. The van der Waals surface area contributed by atoms with Crippen LogP contribution in [0.25, 0.3) is 0 Å². The smallest absolute Gasteiger partial charge is 0.128 e. The second-order valence-corrected chi connectivity index (χ2v) is 5.94. The van der Waals surface area contributed by atoms with Crippen LogP contribution < -0.4 is 15.2 Å². The number of nitrogens with two attached hydrogens (primary N) is 1. The van der Waals surface area contributed by atoms with Crippen LogP contribution in [0.4, 0.5) is 0 Å². The first-order valence-electron chi connectivity index (χ1n) is 6.54. The van der Waals surface area contributed by atoms with Gasteiger partial charge in [-0.15, -0.1) is 0 Å². The molecule has 0 radical (unpaired) electrons. The summed E-state index contributed by atoms with van der Waals surface area (Å²) in [5.74, 6) is 1.83. The molecule has 1 atom stereocenters. The first-order valence-corrected chi connectivity index (χ1v) is 6.54. The van der Waals surface area contributed by atoms with Gasteiger partial charge in [0.2, 0.25) is 0 Å². The predicted octanol–water partition coefficient (Wildman–Crippen LogP) is 3.17. The molecular weight excluding hydrogens is 226 g/mol. The Morgan fingerprint density at radius 3 is 2.67 bits per heavy atom. The number of fused-ring (bicyclic) bond motifs is 1. The Balaban J connectivity index is 2.62. The Kier molecular flexibility index (Phi) is 3.53. The fourth-order valence-corrected chi connectivity index (χ4v) is 2.37. The average molecular weight is 249 g/mol. The van der Waals surface area contributed by atoms with Gasteiger partial charge in [-0.1, -0.05) is 20.8 Å². The van der Waals surface area contributed by atoms with Crippen molar-refractivity contribution in [2.24, 2.45) is 5.73 Å². The fourth-order valence-electron chi connectivity index (χ4n) is 2.37. The van der Waals surface area contributed by atoms with Gasteiger partial charge in [0.25, 0.3) is 0 Å². The van der Waals surface area contributed by atoms with Crippen molar-refractivity contribution in [1.82, 2.24) is 0 Å². The molecule has 1 heterocycles. The lowest BCUT2D eigenvalue weighted by Crippen LogP contribution is -2.16. The molecule has 0 fully saturated rings. The Morgan fingerprint density at radius 1 is 1.33 bits per heavy atom. The van der Waals surface area contributed by atoms with Crippen LogP contribution in [0, 0.1) is 0 Å². The van der Waals surface area contributed by atoms with E-state index in [-0.39, 0.29) is 11.5 Å². The van der Waals surface area contributed by atoms with Crippen LogP contribution in [0.1, 0.15) is 50.8 Å². The molecule has 2 rings (SSSR count). The summed E-state index contributed by atoms with van der Waals surface area (Å²) in [6, 6.07) is 4.12. The Hall–Kier alpha value is -1.22. The molecule has 1 unspecified atom stereocenters. The molecule has 1 aromatic rings. The van der Waals surface area contributed by atoms with Gasteiger partial charge in [-0.3, -0.25) is 0 Å². The van der Waals surface area contributed by atoms with Crippen molar-refractivity contribution in [1.29, 1.82) is 0 Å². The predicted molar refractivity (Wildman–Crippen MR) is 73.4 cm³/mol. The van der Waals surface area contributed by atoms with Crippen LogP contribution in [-0.2, 0) is 5.41 Å². The van der Waals surface area contributed by atoms with Gasteiger partial charge in [0.15, 0.2) is 0 Å². The number of ether oxygens (including phenoxy) is 2. The summed E-state index contributed by atoms with van der Waals surface area (Å²) < 4.78 is 11.3. The van der Waals surface area contributed by atoms with E-state index in [1.165, 1.54) is 5.56 Å². The molecule has 100 valence electrons. The standard InChI is InChI=1S/C15H23NO2/c1-15(2,3)12-9-10(17-4)8-11-13(16)6-5-7-18-14(11)12/h8-9,13H,5-7,16H2,1-4H3. The van der Waals surface area contributed by atoms with Gasteiger partial charge in [0.1, 0.15) is 11.5 Å². The van der Waals surface area contributed by atoms with Crippen LogP contribution in [0.5, 0.6) is 11.5 Å². The number of methoxy groups -OCH3 is 1. The van der Waals surface area contributed by atoms with Gasteiger partial charge in [0.05, 0.1) is 13.7 Å². The Bertz CT molecular complexity index is 435. The van der Waals surface area contributed by atoms with E-state index < -0.39 is 0 Å². The molecule has 0 bridgehead atoms. The van der Waals surface area contributed by atoms with Crippen molar-refractivity contribution in [3.63, 3.8) is 0 Å². The summed E-state index contributed by atoms with van der Waals surface area (Å²) in [6.07, 6.45) is 1.96. The lowest BCUT2D eigenvalue weighted by atomic mass is 9.84. The normalized spacial score (nSPS) is 19.7. The molecule has 1 aromatic carbocycles. The molecule has 0 spiro atoms. The number of rotatable bonds is 1. The van der Waals surface area contributed by atoms with Gasteiger partial charge < -0.3 is 15.2 Å². The minimum absolute atomic E-state index is 0.0166. The van der Waals surface area contributed by atoms with E-state index in [0.717, 1.165) is 36.5 Å². The summed E-state index contributed by atoms with van der Waals surface area (Å²) in [5.41, 5.74) is 8.52. The van der Waals surface area contributed by atoms with E-state index in [4.69, 9.17) is 15.2 Å². The first-order chi connectivity index (χ1) is 8.43. The summed E-state index contributed by atoms with van der Waals surface area (Å²) in [4.78, 5) is 0. The largest absolute Gasteiger partial charge is 0.497 e. The monoisotopic (exact) mass is 249 g/mol. The zero-order valence-electron chi connectivity index (χ0n) is 11.7. The lowest BCUT2D eigenvalue weighted by Gasteiger charge is -2.25. The van der Waals surface area contributed by atoms with E-state index in [2.05, 4.69) is 26.8 Å². The summed E-state index contributed by atoms with van der Waals surface area (Å²) in [5, 5.41) is 0. The maximum atomic E-state index is 6.25. The minimum atomic E-state index is 0.0166. The third kappa shape index (κ3) is 2.46. The second kappa shape index (κ2) is 4.81. The SMILES string of the molecule is COc1cc2c(c(C(C)(C)C)c1)OCCCC2N. The summed E-state index contributed by atoms with van der Waals surface area (Å²) in [6.45, 7) is 7.29. The summed E-state index contributed by atoms with van der Waals surface area (Å²) in [7, 11) is 1.69. The molecule has 18 heavy (non-hydrogen) atoms. The fraction of sp³-hybridized carbons (Fsp3) is 0.600. The van der Waals surface area contributed by atoms with Crippen LogP contribution in [0.3, 0.4) is 0 Å². The van der Waals surface area contributed by atoms with Gasteiger partial charge >= 0.3 is 0 Å². The highest BCUT2D eigenvalue weighted by Gasteiger charge is 2.26. The van der Waals surface area contributed by atoms with Crippen LogP contribution in [0.2, 0.25) is 0 Å². The molecule has 0 amide bonds. The van der Waals surface area contributed by atoms with Gasteiger partial charge in [-0.05, 0) is 30.4 Å². The highest BCUT2D eigenvalue weighted by molar-refractivity contribution is 5.51. The molecule has 1 aliphatic rings. The molecule has 0 aromatic heterocycles. The second-order valence-electron chi connectivity index (χ2n) is 5.94. The number of benzene rings is 1. The van der Waals surface area contributed by atoms with E-state index in [0.29, 0.717) is 0 Å². The maximum absolute atomic E-state index is 6.25. The van der Waals surface area contributed by atoms with E-state index in [1.807, 2.05) is 6.07 Å². The van der Waals surface area contributed by atoms with E-state index in [9.17, 15) is 0 Å². The average Bonchev–Trinajstić information content (AvgIpc) is 2.49. The first kappa shape index (κ1) is 13.2. The third-order valence-corrected chi connectivity index (χ3v) is 3.44. The minimum Gasteiger partial charge on any atom is -0.497 e. The molecular formula is C15H23NO2. The summed E-state index contributed by atoms with van der Waals surface area (Å²) >= 11 is 0. The topological polar surface area (TPSA) is 44.5 Å². The van der Waals surface area contributed by atoms with Crippen molar-refractivity contribution in [3.05, 3.63) is 23.3 Å². The van der Waals surface area contributed by atoms with Gasteiger partial charge in [0, 0.05) is 17.2 Å². The zero-order chi connectivity index (χ0) is 13.3. The Morgan fingerprint density at radius 2 is 2.06 bits per heavy atom. The zero-order valence-corrected chi connectivity index (χ0v) is 11.7.